The van der Waals surface area contributed by atoms with Gasteiger partial charge >= 0.3 is 10.1 Å². The molecule has 0 spiro atoms. The molecule has 0 atom stereocenters. The lowest BCUT2D eigenvalue weighted by atomic mass is 10.2. The van der Waals surface area contributed by atoms with E-state index in [1.54, 1.807) is 19.1 Å². The van der Waals surface area contributed by atoms with Crippen LogP contribution in [-0.2, 0) is 16.7 Å². The van der Waals surface area contributed by atoms with Crippen LogP contribution in [0.15, 0.2) is 18.2 Å². The second kappa shape index (κ2) is 5.79. The zero-order chi connectivity index (χ0) is 13.9. The summed E-state index contributed by atoms with van der Waals surface area (Å²) in [6, 6.07) is 5.94. The van der Waals surface area contributed by atoms with E-state index in [2.05, 4.69) is 5.32 Å². The molecule has 0 bridgehead atoms. The Balaban J connectivity index is 2.15. The summed E-state index contributed by atoms with van der Waals surface area (Å²) in [4.78, 5) is 0. The molecule has 106 valence electrons. The van der Waals surface area contributed by atoms with E-state index in [0.29, 0.717) is 18.3 Å². The molecule has 0 unspecified atom stereocenters. The third-order valence-corrected chi connectivity index (χ3v) is 4.11. The monoisotopic (exact) mass is 285 g/mol. The Morgan fingerprint density at radius 3 is 2.63 bits per heavy atom. The molecule has 5 nitrogen and oxygen atoms in total. The second-order valence-corrected chi connectivity index (χ2v) is 6.43. The van der Waals surface area contributed by atoms with E-state index in [1.165, 1.54) is 20.0 Å². The Morgan fingerprint density at radius 1 is 1.32 bits per heavy atom. The highest BCUT2D eigenvalue weighted by Crippen LogP contribution is 2.30. The summed E-state index contributed by atoms with van der Waals surface area (Å²) in [6.07, 6.45) is 2.42. The minimum absolute atomic E-state index is 0.0687. The van der Waals surface area contributed by atoms with Crippen molar-refractivity contribution >= 4 is 10.1 Å². The maximum absolute atomic E-state index is 11.5. The first kappa shape index (κ1) is 14.1. The molecule has 1 aromatic rings. The zero-order valence-electron chi connectivity index (χ0n) is 11.2. The van der Waals surface area contributed by atoms with Gasteiger partial charge in [0.1, 0.15) is 0 Å². The molecule has 1 saturated carbocycles. The fourth-order valence-electron chi connectivity index (χ4n) is 1.64. The Morgan fingerprint density at radius 2 is 2.05 bits per heavy atom. The van der Waals surface area contributed by atoms with Gasteiger partial charge in [-0.3, -0.25) is 0 Å². The molecule has 0 heterocycles. The average molecular weight is 285 g/mol. The molecule has 1 aromatic carbocycles. The van der Waals surface area contributed by atoms with Crippen molar-refractivity contribution in [2.75, 3.05) is 12.9 Å². The van der Waals surface area contributed by atoms with E-state index in [1.807, 2.05) is 6.07 Å². The predicted octanol–water partition coefficient (Wildman–Crippen LogP) is 1.68. The van der Waals surface area contributed by atoms with E-state index >= 15 is 0 Å². The van der Waals surface area contributed by atoms with Crippen LogP contribution in [0.4, 0.5) is 0 Å². The number of nitrogens with one attached hydrogen (secondary N) is 1. The van der Waals surface area contributed by atoms with E-state index in [9.17, 15) is 8.42 Å². The molecule has 1 aliphatic rings. The van der Waals surface area contributed by atoms with Crippen molar-refractivity contribution in [1.82, 2.24) is 5.32 Å². The van der Waals surface area contributed by atoms with Crippen LogP contribution in [0.2, 0.25) is 0 Å². The lowest BCUT2D eigenvalue weighted by Crippen LogP contribution is -2.16. The summed E-state index contributed by atoms with van der Waals surface area (Å²) < 4.78 is 33.2. The van der Waals surface area contributed by atoms with Crippen molar-refractivity contribution < 1.29 is 17.3 Å². The highest BCUT2D eigenvalue weighted by Gasteiger charge is 2.20. The Labute approximate surface area is 114 Å². The number of benzene rings is 1. The number of methoxy groups -OCH3 is 1. The quantitative estimate of drug-likeness (QED) is 0.772. The first-order valence-electron chi connectivity index (χ1n) is 6.36. The second-order valence-electron chi connectivity index (χ2n) is 4.57. The van der Waals surface area contributed by atoms with E-state index < -0.39 is 10.1 Å². The molecule has 1 aliphatic carbocycles. The summed E-state index contributed by atoms with van der Waals surface area (Å²) in [5.74, 6) is 0.604. The van der Waals surface area contributed by atoms with Crippen LogP contribution in [0.25, 0.3) is 0 Å². The highest BCUT2D eigenvalue weighted by atomic mass is 32.2. The van der Waals surface area contributed by atoms with Gasteiger partial charge in [-0.05, 0) is 37.5 Å². The van der Waals surface area contributed by atoms with Gasteiger partial charge in [0.05, 0.1) is 12.9 Å². The largest absolute Gasteiger partial charge is 0.493 e. The normalized spacial score (nSPS) is 15.3. The third-order valence-electron chi connectivity index (χ3n) is 2.97. The van der Waals surface area contributed by atoms with Gasteiger partial charge in [-0.15, -0.1) is 0 Å². The lowest BCUT2D eigenvalue weighted by Gasteiger charge is -2.11. The molecular formula is C13H19NO4S. The Hall–Kier alpha value is -1.27. The highest BCUT2D eigenvalue weighted by molar-refractivity contribution is 7.87. The van der Waals surface area contributed by atoms with Crippen molar-refractivity contribution in [3.63, 3.8) is 0 Å². The maximum Gasteiger partial charge on any atom is 0.309 e. The zero-order valence-corrected chi connectivity index (χ0v) is 12.0. The van der Waals surface area contributed by atoms with Gasteiger partial charge in [-0.25, -0.2) is 0 Å². The van der Waals surface area contributed by atoms with Crippen LogP contribution < -0.4 is 14.2 Å². The number of rotatable bonds is 7. The summed E-state index contributed by atoms with van der Waals surface area (Å²) >= 11 is 0. The number of ether oxygens (including phenoxy) is 1. The predicted molar refractivity (Wildman–Crippen MR) is 72.9 cm³/mol. The van der Waals surface area contributed by atoms with Gasteiger partial charge in [0, 0.05) is 12.6 Å². The summed E-state index contributed by atoms with van der Waals surface area (Å²) in [5, 5.41) is 3.37. The van der Waals surface area contributed by atoms with Crippen LogP contribution in [-0.4, -0.2) is 27.3 Å². The van der Waals surface area contributed by atoms with Crippen LogP contribution in [0.5, 0.6) is 11.5 Å². The van der Waals surface area contributed by atoms with Crippen LogP contribution in [0.1, 0.15) is 25.3 Å². The minimum atomic E-state index is -3.54. The van der Waals surface area contributed by atoms with Gasteiger partial charge in [0.2, 0.25) is 0 Å². The van der Waals surface area contributed by atoms with Crippen LogP contribution in [0.3, 0.4) is 0 Å². The lowest BCUT2D eigenvalue weighted by molar-refractivity contribution is 0.390. The number of hydrogen-bond acceptors (Lipinski definition) is 5. The van der Waals surface area contributed by atoms with Gasteiger partial charge in [-0.2, -0.15) is 8.42 Å². The van der Waals surface area contributed by atoms with Gasteiger partial charge < -0.3 is 14.2 Å². The molecule has 0 amide bonds. The van der Waals surface area contributed by atoms with Crippen LogP contribution >= 0.6 is 0 Å². The molecule has 1 N–H and O–H groups in total. The van der Waals surface area contributed by atoms with Crippen molar-refractivity contribution in [3.05, 3.63) is 23.8 Å². The van der Waals surface area contributed by atoms with Crippen molar-refractivity contribution in [3.8, 4) is 11.5 Å². The molecular weight excluding hydrogens is 266 g/mol. The van der Waals surface area contributed by atoms with Gasteiger partial charge in [0.25, 0.3) is 0 Å². The SMILES string of the molecule is CCS(=O)(=O)Oc1cc(CNC2CC2)ccc1OC. The summed E-state index contributed by atoms with van der Waals surface area (Å²) in [6.45, 7) is 2.25. The summed E-state index contributed by atoms with van der Waals surface area (Å²) in [5.41, 5.74) is 0.981. The molecule has 2 rings (SSSR count). The first-order valence-corrected chi connectivity index (χ1v) is 7.94. The molecule has 0 aromatic heterocycles. The topological polar surface area (TPSA) is 64.6 Å². The van der Waals surface area contributed by atoms with E-state index in [-0.39, 0.29) is 11.5 Å². The van der Waals surface area contributed by atoms with E-state index in [0.717, 1.165) is 5.56 Å². The number of hydrogen-bond donors (Lipinski definition) is 1. The third kappa shape index (κ3) is 4.11. The van der Waals surface area contributed by atoms with Crippen LogP contribution in [0, 0.1) is 0 Å². The van der Waals surface area contributed by atoms with Gasteiger partial charge in [-0.1, -0.05) is 6.07 Å². The van der Waals surface area contributed by atoms with E-state index in [4.69, 9.17) is 8.92 Å². The smallest absolute Gasteiger partial charge is 0.309 e. The Kier molecular flexibility index (Phi) is 4.31. The molecule has 1 fully saturated rings. The molecule has 6 heteroatoms. The minimum Gasteiger partial charge on any atom is -0.493 e. The van der Waals surface area contributed by atoms with Crippen molar-refractivity contribution in [2.45, 2.75) is 32.4 Å². The molecule has 0 aliphatic heterocycles. The average Bonchev–Trinajstić information content (AvgIpc) is 3.20. The van der Waals surface area contributed by atoms with Gasteiger partial charge in [0.15, 0.2) is 11.5 Å². The van der Waals surface area contributed by atoms with Crippen molar-refractivity contribution in [1.29, 1.82) is 0 Å². The fraction of sp³-hybridized carbons (Fsp3) is 0.538. The Bertz CT molecular complexity index is 538. The molecule has 0 radical (unpaired) electrons. The fourth-order valence-corrected chi connectivity index (χ4v) is 2.16. The van der Waals surface area contributed by atoms with Crippen molar-refractivity contribution in [2.24, 2.45) is 0 Å². The maximum atomic E-state index is 11.5. The molecule has 0 saturated heterocycles. The standard InChI is InChI=1S/C13H19NO4S/c1-3-19(15,16)18-13-8-10(4-7-12(13)17-2)9-14-11-5-6-11/h4,7-8,11,14H,3,5-6,9H2,1-2H3. The summed E-state index contributed by atoms with van der Waals surface area (Å²) in [7, 11) is -2.05. The first-order chi connectivity index (χ1) is 9.04. The molecule has 19 heavy (non-hydrogen) atoms.